The van der Waals surface area contributed by atoms with Gasteiger partial charge in [0.15, 0.2) is 0 Å². The standard InChI is InChI=1S/C17H23ClFN3O3S/c1-17(2,11-4-6-22(7-5-11)26(3,24)25)16(23)13-14(19)12(18)8-10-9-20-21-15(10)13/h8-9,11,16,23H,4-7H2,1-3H3,(H,20,21). The van der Waals surface area contributed by atoms with E-state index in [0.29, 0.717) is 36.8 Å². The van der Waals surface area contributed by atoms with Gasteiger partial charge >= 0.3 is 0 Å². The second-order valence-electron chi connectivity index (χ2n) is 7.58. The summed E-state index contributed by atoms with van der Waals surface area (Å²) in [4.78, 5) is 0. The van der Waals surface area contributed by atoms with Crippen LogP contribution in [-0.4, -0.2) is 47.4 Å². The minimum atomic E-state index is -3.22. The molecule has 1 aliphatic rings. The van der Waals surface area contributed by atoms with Crippen molar-refractivity contribution >= 4 is 32.5 Å². The molecule has 1 atom stereocenters. The molecule has 1 aromatic carbocycles. The Kier molecular flexibility index (Phi) is 5.07. The third kappa shape index (κ3) is 3.35. The Morgan fingerprint density at radius 1 is 1.42 bits per heavy atom. The number of aromatic nitrogens is 2. The highest BCUT2D eigenvalue weighted by Gasteiger charge is 2.42. The van der Waals surface area contributed by atoms with Gasteiger partial charge in [-0.15, -0.1) is 0 Å². The lowest BCUT2D eigenvalue weighted by Crippen LogP contribution is -2.43. The number of hydrogen-bond donors (Lipinski definition) is 2. The first-order chi connectivity index (χ1) is 12.0. The van der Waals surface area contributed by atoms with Crippen molar-refractivity contribution in [2.45, 2.75) is 32.8 Å². The number of benzene rings is 1. The molecule has 0 bridgehead atoms. The van der Waals surface area contributed by atoms with E-state index in [1.54, 1.807) is 0 Å². The number of aromatic amines is 1. The Bertz CT molecular complexity index is 921. The molecule has 26 heavy (non-hydrogen) atoms. The van der Waals surface area contributed by atoms with Crippen molar-refractivity contribution in [1.29, 1.82) is 0 Å². The normalized spacial score (nSPS) is 19.2. The van der Waals surface area contributed by atoms with Crippen molar-refractivity contribution in [2.75, 3.05) is 19.3 Å². The monoisotopic (exact) mass is 403 g/mol. The fourth-order valence-electron chi connectivity index (χ4n) is 3.84. The van der Waals surface area contributed by atoms with Gasteiger partial charge in [-0.3, -0.25) is 5.10 Å². The van der Waals surface area contributed by atoms with Crippen LogP contribution in [0.1, 0.15) is 38.4 Å². The van der Waals surface area contributed by atoms with Gasteiger partial charge in [0.2, 0.25) is 10.0 Å². The van der Waals surface area contributed by atoms with Gasteiger partial charge in [0.05, 0.1) is 29.1 Å². The second-order valence-corrected chi connectivity index (χ2v) is 9.97. The number of nitrogens with one attached hydrogen (secondary N) is 1. The predicted molar refractivity (Wildman–Crippen MR) is 98.9 cm³/mol. The zero-order chi connectivity index (χ0) is 19.3. The number of aliphatic hydroxyl groups excluding tert-OH is 1. The molecular formula is C17H23ClFN3O3S. The molecule has 1 aliphatic heterocycles. The van der Waals surface area contributed by atoms with Crippen molar-refractivity contribution in [3.63, 3.8) is 0 Å². The van der Waals surface area contributed by atoms with Crippen LogP contribution >= 0.6 is 11.6 Å². The number of sulfonamides is 1. The Hall–Kier alpha value is -1.22. The quantitative estimate of drug-likeness (QED) is 0.821. The molecule has 3 rings (SSSR count). The summed E-state index contributed by atoms with van der Waals surface area (Å²) in [5, 5.41) is 18.3. The molecule has 2 aromatic rings. The molecule has 1 unspecified atom stereocenters. The molecule has 0 spiro atoms. The molecule has 1 saturated heterocycles. The third-order valence-corrected chi connectivity index (χ3v) is 7.20. The van der Waals surface area contributed by atoms with E-state index < -0.39 is 27.4 Å². The molecule has 9 heteroatoms. The van der Waals surface area contributed by atoms with Gasteiger partial charge in [0, 0.05) is 24.0 Å². The van der Waals surface area contributed by atoms with Gasteiger partial charge in [-0.2, -0.15) is 5.10 Å². The molecule has 2 N–H and O–H groups in total. The van der Waals surface area contributed by atoms with E-state index in [0.717, 1.165) is 0 Å². The third-order valence-electron chi connectivity index (χ3n) is 5.62. The van der Waals surface area contributed by atoms with Crippen LogP contribution in [0.15, 0.2) is 12.3 Å². The maximum absolute atomic E-state index is 14.7. The van der Waals surface area contributed by atoms with Crippen LogP contribution in [-0.2, 0) is 10.0 Å². The average molecular weight is 404 g/mol. The largest absolute Gasteiger partial charge is 0.388 e. The van der Waals surface area contributed by atoms with Crippen LogP contribution in [0.3, 0.4) is 0 Å². The fraction of sp³-hybridized carbons (Fsp3) is 0.588. The number of fused-ring (bicyclic) bond motifs is 1. The van der Waals surface area contributed by atoms with Crippen LogP contribution < -0.4 is 0 Å². The van der Waals surface area contributed by atoms with Gasteiger partial charge in [-0.1, -0.05) is 25.4 Å². The number of rotatable bonds is 4. The second kappa shape index (κ2) is 6.74. The van der Waals surface area contributed by atoms with E-state index in [4.69, 9.17) is 11.6 Å². The molecule has 0 amide bonds. The van der Waals surface area contributed by atoms with Gasteiger partial charge in [-0.05, 0) is 30.2 Å². The highest BCUT2D eigenvalue weighted by atomic mass is 35.5. The minimum Gasteiger partial charge on any atom is -0.388 e. The van der Waals surface area contributed by atoms with Crippen molar-refractivity contribution in [1.82, 2.24) is 14.5 Å². The van der Waals surface area contributed by atoms with Gasteiger partial charge in [-0.25, -0.2) is 17.1 Å². The fourth-order valence-corrected chi connectivity index (χ4v) is 4.94. The topological polar surface area (TPSA) is 86.3 Å². The summed E-state index contributed by atoms with van der Waals surface area (Å²) in [7, 11) is -3.22. The van der Waals surface area contributed by atoms with E-state index in [2.05, 4.69) is 10.2 Å². The Balaban J connectivity index is 1.91. The van der Waals surface area contributed by atoms with Crippen LogP contribution in [0.25, 0.3) is 10.9 Å². The lowest BCUT2D eigenvalue weighted by Gasteiger charge is -2.42. The van der Waals surface area contributed by atoms with Crippen LogP contribution in [0, 0.1) is 17.2 Å². The van der Waals surface area contributed by atoms with E-state index >= 15 is 0 Å². The van der Waals surface area contributed by atoms with E-state index in [1.165, 1.54) is 22.8 Å². The number of piperidine rings is 1. The van der Waals surface area contributed by atoms with Crippen LogP contribution in [0.2, 0.25) is 5.02 Å². The van der Waals surface area contributed by atoms with E-state index in [1.807, 2.05) is 13.8 Å². The first-order valence-electron chi connectivity index (χ1n) is 8.47. The lowest BCUT2D eigenvalue weighted by molar-refractivity contribution is -0.0131. The highest BCUT2D eigenvalue weighted by Crippen LogP contribution is 2.47. The molecule has 2 heterocycles. The maximum Gasteiger partial charge on any atom is 0.211 e. The van der Waals surface area contributed by atoms with Crippen molar-refractivity contribution < 1.29 is 17.9 Å². The number of nitrogens with zero attached hydrogens (tertiary/aromatic N) is 2. The first-order valence-corrected chi connectivity index (χ1v) is 10.7. The van der Waals surface area contributed by atoms with Crippen molar-refractivity contribution in [2.24, 2.45) is 11.3 Å². The molecule has 0 saturated carbocycles. The molecule has 0 radical (unpaired) electrons. The Morgan fingerprint density at radius 3 is 2.62 bits per heavy atom. The molecule has 6 nitrogen and oxygen atoms in total. The maximum atomic E-state index is 14.7. The zero-order valence-electron chi connectivity index (χ0n) is 15.0. The molecule has 1 aromatic heterocycles. The van der Waals surface area contributed by atoms with E-state index in [-0.39, 0.29) is 16.5 Å². The smallest absolute Gasteiger partial charge is 0.211 e. The lowest BCUT2D eigenvalue weighted by atomic mass is 9.68. The van der Waals surface area contributed by atoms with Crippen LogP contribution in [0.5, 0.6) is 0 Å². The van der Waals surface area contributed by atoms with Crippen molar-refractivity contribution in [3.8, 4) is 0 Å². The summed E-state index contributed by atoms with van der Waals surface area (Å²) in [5.74, 6) is -0.621. The summed E-state index contributed by atoms with van der Waals surface area (Å²) in [6.07, 6.45) is 2.83. The summed E-state index contributed by atoms with van der Waals surface area (Å²) in [5.41, 5.74) is -0.130. The number of aliphatic hydroxyl groups is 1. The molecule has 0 aliphatic carbocycles. The number of hydrogen-bond acceptors (Lipinski definition) is 4. The zero-order valence-corrected chi connectivity index (χ0v) is 16.5. The summed E-state index contributed by atoms with van der Waals surface area (Å²) in [6.45, 7) is 4.55. The number of H-pyrrole nitrogens is 1. The van der Waals surface area contributed by atoms with E-state index in [9.17, 15) is 17.9 Å². The summed E-state index contributed by atoms with van der Waals surface area (Å²) < 4.78 is 39.6. The minimum absolute atomic E-state index is 0.0341. The average Bonchev–Trinajstić information content (AvgIpc) is 3.02. The van der Waals surface area contributed by atoms with Gasteiger partial charge < -0.3 is 5.11 Å². The van der Waals surface area contributed by atoms with Gasteiger partial charge in [0.25, 0.3) is 0 Å². The summed E-state index contributed by atoms with van der Waals surface area (Å²) in [6, 6.07) is 1.48. The highest BCUT2D eigenvalue weighted by molar-refractivity contribution is 7.88. The van der Waals surface area contributed by atoms with Crippen LogP contribution in [0.4, 0.5) is 4.39 Å². The molecule has 144 valence electrons. The summed E-state index contributed by atoms with van der Waals surface area (Å²) >= 11 is 6.00. The van der Waals surface area contributed by atoms with Crippen molar-refractivity contribution in [3.05, 3.63) is 28.7 Å². The molecule has 1 fully saturated rings. The number of halogens is 2. The molecular weight excluding hydrogens is 381 g/mol. The Labute approximate surface area is 157 Å². The van der Waals surface area contributed by atoms with Gasteiger partial charge in [0.1, 0.15) is 5.82 Å². The Morgan fingerprint density at radius 2 is 2.04 bits per heavy atom. The first kappa shape index (κ1) is 19.5. The predicted octanol–water partition coefficient (Wildman–Crippen LogP) is 3.09. The SMILES string of the molecule is CC(C)(C1CCN(S(C)(=O)=O)CC1)C(O)c1c(F)c(Cl)cc2cn[nH]c12.